The van der Waals surface area contributed by atoms with Gasteiger partial charge in [0.15, 0.2) is 0 Å². The lowest BCUT2D eigenvalue weighted by atomic mass is 10.1. The fraction of sp³-hybridized carbons (Fsp3) is 0.0741. The first-order chi connectivity index (χ1) is 17.9. The first kappa shape index (κ1) is 25.2. The molecule has 1 aliphatic rings. The van der Waals surface area contributed by atoms with Crippen LogP contribution in [-0.4, -0.2) is 27.9 Å². The molecular formula is C27H19ClN2O4S3. The number of aromatic carboxylic acids is 2. The molecule has 4 aromatic rings. The summed E-state index contributed by atoms with van der Waals surface area (Å²) >= 11 is 9.97. The monoisotopic (exact) mass is 566 g/mol. The largest absolute Gasteiger partial charge is 0.477 e. The van der Waals surface area contributed by atoms with Crippen molar-refractivity contribution in [2.45, 2.75) is 12.5 Å². The molecule has 37 heavy (non-hydrogen) atoms. The highest BCUT2D eigenvalue weighted by Gasteiger charge is 2.30. The van der Waals surface area contributed by atoms with Crippen LogP contribution in [0.2, 0.25) is 4.34 Å². The van der Waals surface area contributed by atoms with Gasteiger partial charge in [-0.25, -0.2) is 9.59 Å². The smallest absolute Gasteiger partial charge is 0.345 e. The summed E-state index contributed by atoms with van der Waals surface area (Å²) in [6.45, 7) is 0. The lowest BCUT2D eigenvalue weighted by Crippen LogP contribution is -2.17. The summed E-state index contributed by atoms with van der Waals surface area (Å²) in [7, 11) is 0. The quantitative estimate of drug-likeness (QED) is 0.225. The lowest BCUT2D eigenvalue weighted by molar-refractivity contribution is 0.0691. The van der Waals surface area contributed by atoms with Crippen LogP contribution in [0.15, 0.2) is 71.8 Å². The van der Waals surface area contributed by atoms with Crippen molar-refractivity contribution in [1.29, 1.82) is 0 Å². The summed E-state index contributed by atoms with van der Waals surface area (Å²) in [6.07, 6.45) is 8.38. The van der Waals surface area contributed by atoms with E-state index in [-0.39, 0.29) is 15.8 Å². The molecule has 0 bridgehead atoms. The zero-order valence-corrected chi connectivity index (χ0v) is 22.3. The molecule has 5 rings (SSSR count). The maximum absolute atomic E-state index is 11.5. The number of benzene rings is 1. The van der Waals surface area contributed by atoms with Crippen LogP contribution in [0.5, 0.6) is 0 Å². The second-order valence-electron chi connectivity index (χ2n) is 8.07. The Morgan fingerprint density at radius 1 is 0.811 bits per heavy atom. The van der Waals surface area contributed by atoms with E-state index in [1.54, 1.807) is 18.2 Å². The van der Waals surface area contributed by atoms with Crippen LogP contribution < -0.4 is 5.01 Å². The maximum atomic E-state index is 11.5. The second-order valence-corrected chi connectivity index (χ2v) is 12.0. The molecule has 0 saturated carbocycles. The Bertz CT molecular complexity index is 1550. The Labute approximate surface area is 229 Å². The van der Waals surface area contributed by atoms with Crippen LogP contribution in [0.4, 0.5) is 5.69 Å². The van der Waals surface area contributed by atoms with E-state index < -0.39 is 11.9 Å². The Kier molecular flexibility index (Phi) is 7.38. The fourth-order valence-corrected chi connectivity index (χ4v) is 6.46. The molecule has 0 radical (unpaired) electrons. The number of carboxylic acids is 2. The third kappa shape index (κ3) is 5.91. The molecule has 0 fully saturated rings. The van der Waals surface area contributed by atoms with Crippen molar-refractivity contribution in [1.82, 2.24) is 0 Å². The van der Waals surface area contributed by atoms with Crippen molar-refractivity contribution in [3.05, 3.63) is 101 Å². The molecule has 0 saturated heterocycles. The molecule has 0 spiro atoms. The van der Waals surface area contributed by atoms with Gasteiger partial charge in [-0.2, -0.15) is 5.10 Å². The number of hydrogen-bond acceptors (Lipinski definition) is 7. The fourth-order valence-electron chi connectivity index (χ4n) is 3.81. The van der Waals surface area contributed by atoms with Crippen molar-refractivity contribution >= 4 is 87.2 Å². The van der Waals surface area contributed by atoms with Gasteiger partial charge in [0.05, 0.1) is 21.8 Å². The van der Waals surface area contributed by atoms with Gasteiger partial charge in [0, 0.05) is 21.1 Å². The molecular weight excluding hydrogens is 548 g/mol. The van der Waals surface area contributed by atoms with Gasteiger partial charge in [-0.3, -0.25) is 5.01 Å². The van der Waals surface area contributed by atoms with E-state index >= 15 is 0 Å². The van der Waals surface area contributed by atoms with E-state index in [0.29, 0.717) is 6.42 Å². The van der Waals surface area contributed by atoms with Crippen molar-refractivity contribution in [3.63, 3.8) is 0 Å². The Morgan fingerprint density at radius 3 is 2.11 bits per heavy atom. The molecule has 1 unspecified atom stereocenters. The Balaban J connectivity index is 1.40. The first-order valence-electron chi connectivity index (χ1n) is 11.1. The summed E-state index contributed by atoms with van der Waals surface area (Å²) in [5.41, 5.74) is 2.74. The molecule has 6 nitrogen and oxygen atoms in total. The SMILES string of the molecule is O=C(O)c1ccc(/C=C/C2=NN(c3ccc(/C=C/c4ccc(Cl)s4)cc3)C(c3ccc(C(=O)O)s3)C2)s1. The minimum atomic E-state index is -0.947. The lowest BCUT2D eigenvalue weighted by Gasteiger charge is -2.22. The molecule has 1 aliphatic heterocycles. The third-order valence-corrected chi connectivity index (χ3v) is 8.98. The van der Waals surface area contributed by atoms with E-state index in [9.17, 15) is 14.7 Å². The van der Waals surface area contributed by atoms with Gasteiger partial charge in [0.2, 0.25) is 0 Å². The van der Waals surface area contributed by atoms with E-state index in [1.807, 2.05) is 71.8 Å². The standard InChI is InChI=1S/C27H19ClN2O4S3/c28-25-14-10-20(36-25)7-3-16-1-5-18(6-2-16)30-21(22-12-13-24(37-22)27(33)34)15-17(29-30)4-8-19-9-11-23(35-19)26(31)32/h1-14,21H,15H2,(H,31,32)(H,33,34)/b7-3+,8-4+. The van der Waals surface area contributed by atoms with Crippen molar-refractivity contribution in [3.8, 4) is 0 Å². The molecule has 1 aromatic carbocycles. The van der Waals surface area contributed by atoms with E-state index in [0.717, 1.165) is 35.9 Å². The number of rotatable bonds is 8. The predicted molar refractivity (Wildman–Crippen MR) is 154 cm³/mol. The van der Waals surface area contributed by atoms with Crippen LogP contribution >= 0.6 is 45.6 Å². The molecule has 0 amide bonds. The van der Waals surface area contributed by atoms with Crippen LogP contribution in [0.3, 0.4) is 0 Å². The van der Waals surface area contributed by atoms with Crippen molar-refractivity contribution in [2.24, 2.45) is 5.10 Å². The van der Waals surface area contributed by atoms with Crippen LogP contribution in [-0.2, 0) is 0 Å². The number of allylic oxidation sites excluding steroid dienone is 1. The number of nitrogens with zero attached hydrogens (tertiary/aromatic N) is 2. The van der Waals surface area contributed by atoms with Gasteiger partial charge in [-0.15, -0.1) is 34.0 Å². The van der Waals surface area contributed by atoms with Gasteiger partial charge in [0.25, 0.3) is 0 Å². The number of halogens is 1. The van der Waals surface area contributed by atoms with Crippen LogP contribution in [0, 0.1) is 0 Å². The second kappa shape index (κ2) is 10.9. The first-order valence-corrected chi connectivity index (χ1v) is 13.9. The van der Waals surface area contributed by atoms with Gasteiger partial charge >= 0.3 is 11.9 Å². The Hall–Kier alpha value is -3.50. The van der Waals surface area contributed by atoms with Gasteiger partial charge < -0.3 is 10.2 Å². The molecule has 186 valence electrons. The number of hydrazone groups is 1. The minimum Gasteiger partial charge on any atom is -0.477 e. The molecule has 10 heteroatoms. The topological polar surface area (TPSA) is 90.2 Å². The normalized spacial score (nSPS) is 15.6. The number of thiophene rings is 3. The number of hydrogen-bond donors (Lipinski definition) is 2. The number of carboxylic acid groups (broad SMARTS) is 2. The van der Waals surface area contributed by atoms with E-state index in [4.69, 9.17) is 21.8 Å². The van der Waals surface area contributed by atoms with Crippen molar-refractivity contribution < 1.29 is 19.8 Å². The maximum Gasteiger partial charge on any atom is 0.345 e. The molecule has 4 heterocycles. The van der Waals surface area contributed by atoms with Crippen molar-refractivity contribution in [2.75, 3.05) is 5.01 Å². The molecule has 2 N–H and O–H groups in total. The summed E-state index contributed by atoms with van der Waals surface area (Å²) in [5.74, 6) is -1.89. The summed E-state index contributed by atoms with van der Waals surface area (Å²) in [5, 5.41) is 25.3. The minimum absolute atomic E-state index is 0.148. The molecule has 1 atom stereocenters. The number of carbonyl (C=O) groups is 2. The van der Waals surface area contributed by atoms with Gasteiger partial charge in [0.1, 0.15) is 9.75 Å². The third-order valence-electron chi connectivity index (χ3n) is 5.57. The van der Waals surface area contributed by atoms with Crippen LogP contribution in [0.25, 0.3) is 18.2 Å². The van der Waals surface area contributed by atoms with E-state index in [1.165, 1.54) is 34.0 Å². The average Bonchev–Trinajstić information content (AvgIpc) is 3.68. The zero-order valence-electron chi connectivity index (χ0n) is 19.1. The summed E-state index contributed by atoms with van der Waals surface area (Å²) < 4.78 is 0.749. The Morgan fingerprint density at radius 2 is 1.46 bits per heavy atom. The molecule has 0 aliphatic carbocycles. The predicted octanol–water partition coefficient (Wildman–Crippen LogP) is 8.11. The summed E-state index contributed by atoms with van der Waals surface area (Å²) in [4.78, 5) is 26.0. The average molecular weight is 567 g/mol. The zero-order chi connectivity index (χ0) is 25.9. The van der Waals surface area contributed by atoms with Gasteiger partial charge in [-0.05, 0) is 72.3 Å². The summed E-state index contributed by atoms with van der Waals surface area (Å²) in [6, 6.07) is 18.5. The highest BCUT2D eigenvalue weighted by molar-refractivity contribution is 7.17. The van der Waals surface area contributed by atoms with E-state index in [2.05, 4.69) is 0 Å². The molecule has 3 aromatic heterocycles. The highest BCUT2D eigenvalue weighted by atomic mass is 35.5. The van der Waals surface area contributed by atoms with Gasteiger partial charge in [-0.1, -0.05) is 29.8 Å². The van der Waals surface area contributed by atoms with Crippen LogP contribution in [0.1, 0.15) is 52.0 Å². The number of anilines is 1. The highest BCUT2D eigenvalue weighted by Crippen LogP contribution is 2.39.